The summed E-state index contributed by atoms with van der Waals surface area (Å²) in [6, 6.07) is 18.7. The Labute approximate surface area is 299 Å². The van der Waals surface area contributed by atoms with Crippen LogP contribution in [0, 0.1) is 23.1 Å². The number of aliphatic hydroxyl groups is 1. The number of aliphatic hydroxyl groups excluding tert-OH is 1. The standard InChI is InChI=1S/C42H45ClFNO5/c1-42(2,3)50-41(47)31(26-46)15-8-7-14-30-23-36(43)40(24-39(30)48-27-29-13-6-4-5-12-28(22-29)25-45)49-38-21-20-33-32(17-11-18-35(33)38)34-16-9-10-19-37(34)44/h5,9-13,16-19,22-24,31,38,46H,4,6-8,14-15,20-21,26-27H2,1-3H3/b12-5+,28-22+,29-13+/t31-,38-/m0/s1. The SMILES string of the molecule is CC(C)(C)OC(=O)[C@H](CO)CCCCc1cc(Cl)c(O[C@H]2CCc3c(-c4ccccc4F)cccc32)cc1OCC1=C/CC/C=C/C(C#N)=C\1. The number of carbonyl (C=O) groups is 1. The van der Waals surface area contributed by atoms with Crippen molar-refractivity contribution in [1.82, 2.24) is 0 Å². The maximum Gasteiger partial charge on any atom is 0.311 e. The van der Waals surface area contributed by atoms with Crippen LogP contribution >= 0.6 is 11.6 Å². The summed E-state index contributed by atoms with van der Waals surface area (Å²) in [5, 5.41) is 19.9. The Morgan fingerprint density at radius 1 is 1.08 bits per heavy atom. The van der Waals surface area contributed by atoms with Crippen molar-refractivity contribution in [3.8, 4) is 28.7 Å². The van der Waals surface area contributed by atoms with Gasteiger partial charge in [0.2, 0.25) is 0 Å². The van der Waals surface area contributed by atoms with Gasteiger partial charge in [-0.3, -0.25) is 4.79 Å². The normalized spacial score (nSPS) is 19.0. The maximum absolute atomic E-state index is 14.8. The highest BCUT2D eigenvalue weighted by Crippen LogP contribution is 2.43. The first kappa shape index (κ1) is 36.9. The second kappa shape index (κ2) is 17.0. The number of fused-ring (bicyclic) bond motifs is 1. The fourth-order valence-corrected chi connectivity index (χ4v) is 6.64. The topological polar surface area (TPSA) is 88.8 Å². The minimum Gasteiger partial charge on any atom is -0.488 e. The van der Waals surface area contributed by atoms with E-state index in [9.17, 15) is 19.6 Å². The predicted octanol–water partition coefficient (Wildman–Crippen LogP) is 9.98. The van der Waals surface area contributed by atoms with Gasteiger partial charge in [0.1, 0.15) is 35.6 Å². The minimum absolute atomic E-state index is 0.255. The molecule has 3 aromatic rings. The maximum atomic E-state index is 14.8. The number of ether oxygens (including phenoxy) is 3. The Balaban J connectivity index is 1.36. The van der Waals surface area contributed by atoms with Gasteiger partial charge in [0.15, 0.2) is 0 Å². The molecule has 3 aromatic carbocycles. The average Bonchev–Trinajstić information content (AvgIpc) is 3.48. The van der Waals surface area contributed by atoms with Gasteiger partial charge < -0.3 is 19.3 Å². The molecule has 0 saturated heterocycles. The quantitative estimate of drug-likeness (QED) is 0.141. The summed E-state index contributed by atoms with van der Waals surface area (Å²) in [4.78, 5) is 12.6. The van der Waals surface area contributed by atoms with Crippen LogP contribution in [-0.4, -0.2) is 29.9 Å². The van der Waals surface area contributed by atoms with Gasteiger partial charge in [0.05, 0.1) is 29.2 Å². The van der Waals surface area contributed by atoms with E-state index in [1.54, 1.807) is 12.1 Å². The van der Waals surface area contributed by atoms with Crippen molar-refractivity contribution in [2.24, 2.45) is 5.92 Å². The molecule has 50 heavy (non-hydrogen) atoms. The van der Waals surface area contributed by atoms with Crippen molar-refractivity contribution in [2.75, 3.05) is 13.2 Å². The van der Waals surface area contributed by atoms with Crippen LogP contribution in [-0.2, 0) is 22.4 Å². The summed E-state index contributed by atoms with van der Waals surface area (Å²) < 4.78 is 33.3. The summed E-state index contributed by atoms with van der Waals surface area (Å²) in [6.07, 6.45) is 13.2. The molecule has 0 unspecified atom stereocenters. The molecule has 0 spiro atoms. The minimum atomic E-state index is -0.620. The van der Waals surface area contributed by atoms with E-state index in [2.05, 4.69) is 12.1 Å². The summed E-state index contributed by atoms with van der Waals surface area (Å²) in [6.45, 7) is 5.43. The van der Waals surface area contributed by atoms with E-state index in [0.717, 1.165) is 59.9 Å². The molecule has 0 aromatic heterocycles. The Kier molecular flexibility index (Phi) is 12.6. The van der Waals surface area contributed by atoms with Crippen LogP contribution in [0.5, 0.6) is 11.5 Å². The number of nitrogens with zero attached hydrogens (tertiary/aromatic N) is 1. The number of nitriles is 1. The highest BCUT2D eigenvalue weighted by atomic mass is 35.5. The van der Waals surface area contributed by atoms with Crippen LogP contribution in [0.15, 0.2) is 90.0 Å². The molecule has 0 amide bonds. The average molecular weight is 698 g/mol. The number of halogens is 2. The van der Waals surface area contributed by atoms with E-state index in [-0.39, 0.29) is 25.1 Å². The number of unbranched alkanes of at least 4 members (excludes halogenated alkanes) is 1. The van der Waals surface area contributed by atoms with E-state index >= 15 is 0 Å². The van der Waals surface area contributed by atoms with Crippen LogP contribution < -0.4 is 9.47 Å². The molecule has 0 saturated carbocycles. The van der Waals surface area contributed by atoms with Crippen molar-refractivity contribution < 1.29 is 28.5 Å². The molecule has 0 heterocycles. The van der Waals surface area contributed by atoms with Gasteiger partial charge in [-0.2, -0.15) is 5.26 Å². The lowest BCUT2D eigenvalue weighted by molar-refractivity contribution is -0.161. The van der Waals surface area contributed by atoms with Gasteiger partial charge in [0.25, 0.3) is 0 Å². The van der Waals surface area contributed by atoms with Crippen LogP contribution in [0.1, 0.15) is 82.1 Å². The van der Waals surface area contributed by atoms with Gasteiger partial charge in [-0.15, -0.1) is 0 Å². The smallest absolute Gasteiger partial charge is 0.311 e. The lowest BCUT2D eigenvalue weighted by Gasteiger charge is -2.23. The molecule has 2 aliphatic rings. The first-order valence-corrected chi connectivity index (χ1v) is 17.7. The Hall–Kier alpha value is -4.38. The van der Waals surface area contributed by atoms with E-state index < -0.39 is 17.5 Å². The van der Waals surface area contributed by atoms with E-state index in [1.807, 2.05) is 75.4 Å². The van der Waals surface area contributed by atoms with Gasteiger partial charge in [0, 0.05) is 11.6 Å². The molecule has 8 heteroatoms. The van der Waals surface area contributed by atoms with Crippen molar-refractivity contribution in [3.63, 3.8) is 0 Å². The first-order chi connectivity index (χ1) is 24.1. The number of esters is 1. The molecule has 6 nitrogen and oxygen atoms in total. The fourth-order valence-electron chi connectivity index (χ4n) is 6.41. The highest BCUT2D eigenvalue weighted by Gasteiger charge is 2.29. The summed E-state index contributed by atoms with van der Waals surface area (Å²) in [7, 11) is 0. The molecular weight excluding hydrogens is 653 g/mol. The molecule has 0 bridgehead atoms. The van der Waals surface area contributed by atoms with E-state index in [0.29, 0.717) is 46.9 Å². The second-order valence-corrected chi connectivity index (χ2v) is 14.2. The van der Waals surface area contributed by atoms with Crippen LogP contribution in [0.4, 0.5) is 4.39 Å². The number of rotatable bonds is 13. The second-order valence-electron chi connectivity index (χ2n) is 13.8. The number of hydrogen-bond acceptors (Lipinski definition) is 6. The van der Waals surface area contributed by atoms with Crippen molar-refractivity contribution in [2.45, 2.75) is 83.8 Å². The van der Waals surface area contributed by atoms with Crippen LogP contribution in [0.25, 0.3) is 11.1 Å². The molecule has 2 atom stereocenters. The molecule has 5 rings (SSSR count). The number of carbonyl (C=O) groups excluding carboxylic acids is 1. The monoisotopic (exact) mass is 697 g/mol. The third-order valence-corrected chi connectivity index (χ3v) is 9.17. The lowest BCUT2D eigenvalue weighted by atomic mass is 9.96. The molecule has 0 fully saturated rings. The van der Waals surface area contributed by atoms with Gasteiger partial charge in [-0.25, -0.2) is 4.39 Å². The van der Waals surface area contributed by atoms with Gasteiger partial charge in [-0.05, 0) is 118 Å². The zero-order valence-corrected chi connectivity index (χ0v) is 29.8. The van der Waals surface area contributed by atoms with Crippen molar-refractivity contribution in [1.29, 1.82) is 5.26 Å². The zero-order valence-electron chi connectivity index (χ0n) is 29.0. The van der Waals surface area contributed by atoms with Crippen LogP contribution in [0.3, 0.4) is 0 Å². The predicted molar refractivity (Wildman–Crippen MR) is 195 cm³/mol. The first-order valence-electron chi connectivity index (χ1n) is 17.4. The summed E-state index contributed by atoms with van der Waals surface area (Å²) in [5.74, 6) is -0.115. The molecule has 262 valence electrons. The van der Waals surface area contributed by atoms with E-state index in [4.69, 9.17) is 25.8 Å². The number of hydrogen-bond donors (Lipinski definition) is 1. The number of benzene rings is 3. The summed E-state index contributed by atoms with van der Waals surface area (Å²) >= 11 is 6.88. The van der Waals surface area contributed by atoms with Crippen molar-refractivity contribution in [3.05, 3.63) is 118 Å². The molecule has 2 aliphatic carbocycles. The van der Waals surface area contributed by atoms with Crippen molar-refractivity contribution >= 4 is 17.6 Å². The van der Waals surface area contributed by atoms with Gasteiger partial charge in [-0.1, -0.05) is 66.6 Å². The number of aryl methyl sites for hydroxylation is 1. The van der Waals surface area contributed by atoms with Crippen LogP contribution in [0.2, 0.25) is 5.02 Å². The third kappa shape index (κ3) is 9.65. The Bertz CT molecular complexity index is 1820. The molecule has 0 aliphatic heterocycles. The fraction of sp³-hybridized carbons (Fsp3) is 0.381. The Morgan fingerprint density at radius 2 is 1.88 bits per heavy atom. The van der Waals surface area contributed by atoms with E-state index in [1.165, 1.54) is 6.07 Å². The molecular formula is C42H45ClFNO5. The highest BCUT2D eigenvalue weighted by molar-refractivity contribution is 6.32. The van der Waals surface area contributed by atoms with Gasteiger partial charge >= 0.3 is 5.97 Å². The Morgan fingerprint density at radius 3 is 2.64 bits per heavy atom. The number of allylic oxidation sites excluding steroid dienone is 4. The largest absolute Gasteiger partial charge is 0.488 e. The summed E-state index contributed by atoms with van der Waals surface area (Å²) in [5.41, 5.74) is 5.28. The molecule has 0 radical (unpaired) electrons. The zero-order chi connectivity index (χ0) is 35.7. The lowest BCUT2D eigenvalue weighted by Crippen LogP contribution is -2.30. The third-order valence-electron chi connectivity index (χ3n) is 8.87. The molecule has 1 N–H and O–H groups in total.